The van der Waals surface area contributed by atoms with Crippen molar-refractivity contribution < 1.29 is 13.9 Å². The summed E-state index contributed by atoms with van der Waals surface area (Å²) < 4.78 is 18.2. The number of hydrogen-bond acceptors (Lipinski definition) is 4. The Morgan fingerprint density at radius 1 is 1.39 bits per heavy atom. The number of nitrogens with one attached hydrogen (secondary N) is 1. The summed E-state index contributed by atoms with van der Waals surface area (Å²) in [5.74, 6) is -1.18. The number of halogens is 2. The summed E-state index contributed by atoms with van der Waals surface area (Å²) in [6.45, 7) is 3.47. The van der Waals surface area contributed by atoms with Crippen LogP contribution in [0.1, 0.15) is 10.4 Å². The number of benzene rings is 1. The molecule has 1 aliphatic rings. The number of anilines is 1. The Kier molecular flexibility index (Phi) is 5.37. The summed E-state index contributed by atoms with van der Waals surface area (Å²) in [7, 11) is 1.24. The first-order chi connectivity index (χ1) is 8.22. The van der Waals surface area contributed by atoms with Crippen molar-refractivity contribution in [3.63, 3.8) is 0 Å². The molecule has 1 N–H and O–H groups in total. The number of carbonyl (C=O) groups excluding carboxylic acids is 1. The van der Waals surface area contributed by atoms with Crippen LogP contribution in [0.2, 0.25) is 0 Å². The fourth-order valence-electron chi connectivity index (χ4n) is 1.90. The number of carbonyl (C=O) groups is 1. The van der Waals surface area contributed by atoms with Gasteiger partial charge in [-0.2, -0.15) is 0 Å². The molecule has 0 spiro atoms. The lowest BCUT2D eigenvalue weighted by Gasteiger charge is -2.29. The monoisotopic (exact) mass is 274 g/mol. The summed E-state index contributed by atoms with van der Waals surface area (Å²) in [6.07, 6.45) is 0. The van der Waals surface area contributed by atoms with Crippen LogP contribution in [0.4, 0.5) is 10.1 Å². The average Bonchev–Trinajstić information content (AvgIpc) is 2.39. The number of nitrogens with zero attached hydrogens (tertiary/aromatic N) is 1. The van der Waals surface area contributed by atoms with Crippen molar-refractivity contribution in [2.24, 2.45) is 0 Å². The van der Waals surface area contributed by atoms with E-state index in [0.717, 1.165) is 31.9 Å². The molecule has 0 radical (unpaired) electrons. The quantitative estimate of drug-likeness (QED) is 0.829. The Morgan fingerprint density at radius 2 is 2.06 bits per heavy atom. The minimum Gasteiger partial charge on any atom is -0.465 e. The first-order valence-corrected chi connectivity index (χ1v) is 5.56. The molecule has 1 heterocycles. The van der Waals surface area contributed by atoms with Crippen LogP contribution in [-0.4, -0.2) is 39.3 Å². The Balaban J connectivity index is 0.00000162. The fraction of sp³-hybridized carbons (Fsp3) is 0.417. The molecular weight excluding hydrogens is 259 g/mol. The molecule has 1 saturated heterocycles. The summed E-state index contributed by atoms with van der Waals surface area (Å²) >= 11 is 0. The number of esters is 1. The molecule has 0 unspecified atom stereocenters. The van der Waals surface area contributed by atoms with Crippen molar-refractivity contribution in [2.75, 3.05) is 38.2 Å². The molecule has 1 aliphatic heterocycles. The Hall–Kier alpha value is -1.33. The fourth-order valence-corrected chi connectivity index (χ4v) is 1.90. The highest BCUT2D eigenvalue weighted by atomic mass is 35.5. The van der Waals surface area contributed by atoms with Gasteiger partial charge in [-0.3, -0.25) is 0 Å². The standard InChI is InChI=1S/C12H15FN2O2.ClH/c1-17-12(16)10-3-2-9(8-11(10)13)15-6-4-14-5-7-15;/h2-3,8,14H,4-7H2,1H3;1H. The maximum absolute atomic E-state index is 13.7. The number of rotatable bonds is 2. The molecule has 18 heavy (non-hydrogen) atoms. The zero-order valence-electron chi connectivity index (χ0n) is 10.1. The van der Waals surface area contributed by atoms with Gasteiger partial charge < -0.3 is 15.0 Å². The van der Waals surface area contributed by atoms with Gasteiger partial charge in [0.2, 0.25) is 0 Å². The largest absolute Gasteiger partial charge is 0.465 e. The van der Waals surface area contributed by atoms with E-state index in [1.54, 1.807) is 6.07 Å². The lowest BCUT2D eigenvalue weighted by molar-refractivity contribution is 0.0595. The van der Waals surface area contributed by atoms with Crippen molar-refractivity contribution in [2.45, 2.75) is 0 Å². The van der Waals surface area contributed by atoms with E-state index >= 15 is 0 Å². The SMILES string of the molecule is COC(=O)c1ccc(N2CCNCC2)cc1F.Cl. The van der Waals surface area contributed by atoms with Gasteiger partial charge in [0, 0.05) is 31.9 Å². The number of hydrogen-bond donors (Lipinski definition) is 1. The lowest BCUT2D eigenvalue weighted by atomic mass is 10.1. The van der Waals surface area contributed by atoms with E-state index in [9.17, 15) is 9.18 Å². The molecule has 1 aromatic carbocycles. The van der Waals surface area contributed by atoms with Crippen LogP contribution < -0.4 is 10.2 Å². The number of piperazine rings is 1. The molecule has 1 fully saturated rings. The van der Waals surface area contributed by atoms with Gasteiger partial charge in [-0.05, 0) is 18.2 Å². The van der Waals surface area contributed by atoms with Crippen molar-refractivity contribution >= 4 is 24.1 Å². The van der Waals surface area contributed by atoms with Crippen molar-refractivity contribution in [1.29, 1.82) is 0 Å². The van der Waals surface area contributed by atoms with Gasteiger partial charge >= 0.3 is 5.97 Å². The minimum absolute atomic E-state index is 0. The molecule has 2 rings (SSSR count). The first-order valence-electron chi connectivity index (χ1n) is 5.56. The molecular formula is C12H16ClFN2O2. The third-order valence-corrected chi connectivity index (χ3v) is 2.84. The van der Waals surface area contributed by atoms with Crippen LogP contribution in [0.25, 0.3) is 0 Å². The zero-order chi connectivity index (χ0) is 12.3. The molecule has 0 aromatic heterocycles. The van der Waals surface area contributed by atoms with E-state index in [2.05, 4.69) is 15.0 Å². The third kappa shape index (κ3) is 3.11. The van der Waals surface area contributed by atoms with Crippen LogP contribution in [0.5, 0.6) is 0 Å². The molecule has 1 aromatic rings. The summed E-state index contributed by atoms with van der Waals surface area (Å²) in [5.41, 5.74) is 0.781. The van der Waals surface area contributed by atoms with Crippen LogP contribution in [-0.2, 0) is 4.74 Å². The van der Waals surface area contributed by atoms with E-state index in [0.29, 0.717) is 0 Å². The van der Waals surface area contributed by atoms with Crippen molar-refractivity contribution in [3.05, 3.63) is 29.6 Å². The van der Waals surface area contributed by atoms with E-state index in [4.69, 9.17) is 0 Å². The minimum atomic E-state index is -0.644. The van der Waals surface area contributed by atoms with E-state index < -0.39 is 11.8 Å². The average molecular weight is 275 g/mol. The van der Waals surface area contributed by atoms with E-state index in [1.165, 1.54) is 19.2 Å². The first kappa shape index (κ1) is 14.7. The smallest absolute Gasteiger partial charge is 0.340 e. The topological polar surface area (TPSA) is 41.6 Å². The Labute approximate surface area is 112 Å². The van der Waals surface area contributed by atoms with Gasteiger partial charge in [0.1, 0.15) is 5.82 Å². The molecule has 0 atom stereocenters. The van der Waals surface area contributed by atoms with Gasteiger partial charge in [0.25, 0.3) is 0 Å². The molecule has 0 saturated carbocycles. The number of methoxy groups -OCH3 is 1. The molecule has 4 nitrogen and oxygen atoms in total. The van der Waals surface area contributed by atoms with Crippen LogP contribution in [0, 0.1) is 5.82 Å². The molecule has 0 aliphatic carbocycles. The highest BCUT2D eigenvalue weighted by Gasteiger charge is 2.16. The maximum atomic E-state index is 13.7. The normalized spacial score (nSPS) is 14.9. The second-order valence-electron chi connectivity index (χ2n) is 3.89. The lowest BCUT2D eigenvalue weighted by Crippen LogP contribution is -2.43. The number of ether oxygens (including phenoxy) is 1. The summed E-state index contributed by atoms with van der Waals surface area (Å²) in [5, 5.41) is 3.23. The van der Waals surface area contributed by atoms with Gasteiger partial charge in [-0.25, -0.2) is 9.18 Å². The van der Waals surface area contributed by atoms with Crippen molar-refractivity contribution in [1.82, 2.24) is 5.32 Å². The van der Waals surface area contributed by atoms with Crippen LogP contribution in [0.15, 0.2) is 18.2 Å². The maximum Gasteiger partial charge on any atom is 0.340 e. The second kappa shape index (κ2) is 6.56. The van der Waals surface area contributed by atoms with Gasteiger partial charge in [-0.15, -0.1) is 12.4 Å². The van der Waals surface area contributed by atoms with Crippen LogP contribution >= 0.6 is 12.4 Å². The molecule has 6 heteroatoms. The van der Waals surface area contributed by atoms with Gasteiger partial charge in [0.15, 0.2) is 0 Å². The predicted octanol–water partition coefficient (Wildman–Crippen LogP) is 1.44. The Bertz CT molecular complexity index is 423. The predicted molar refractivity (Wildman–Crippen MR) is 70.1 cm³/mol. The second-order valence-corrected chi connectivity index (χ2v) is 3.89. The Morgan fingerprint density at radius 3 is 2.61 bits per heavy atom. The summed E-state index contributed by atoms with van der Waals surface area (Å²) in [4.78, 5) is 13.3. The van der Waals surface area contributed by atoms with Crippen molar-refractivity contribution in [3.8, 4) is 0 Å². The summed E-state index contributed by atoms with van der Waals surface area (Å²) in [6, 6.07) is 4.61. The van der Waals surface area contributed by atoms with Gasteiger partial charge in [0.05, 0.1) is 12.7 Å². The zero-order valence-corrected chi connectivity index (χ0v) is 10.9. The third-order valence-electron chi connectivity index (χ3n) is 2.84. The molecule has 100 valence electrons. The van der Waals surface area contributed by atoms with Crippen LogP contribution in [0.3, 0.4) is 0 Å². The van der Waals surface area contributed by atoms with E-state index in [-0.39, 0.29) is 18.0 Å². The van der Waals surface area contributed by atoms with E-state index in [1.807, 2.05) is 0 Å². The van der Waals surface area contributed by atoms with Gasteiger partial charge in [-0.1, -0.05) is 0 Å². The highest BCUT2D eigenvalue weighted by Crippen LogP contribution is 2.19. The molecule has 0 amide bonds. The molecule has 0 bridgehead atoms. The highest BCUT2D eigenvalue weighted by molar-refractivity contribution is 5.90.